The van der Waals surface area contributed by atoms with Gasteiger partial charge in [0.25, 0.3) is 0 Å². The molecule has 1 spiro atoms. The van der Waals surface area contributed by atoms with E-state index in [9.17, 15) is 26.7 Å². The van der Waals surface area contributed by atoms with Gasteiger partial charge in [-0.1, -0.05) is 0 Å². The van der Waals surface area contributed by atoms with E-state index in [0.29, 0.717) is 26.3 Å². The smallest absolute Gasteiger partial charge is 0.381 e. The van der Waals surface area contributed by atoms with Crippen molar-refractivity contribution in [2.75, 3.05) is 31.6 Å². The van der Waals surface area contributed by atoms with Crippen LogP contribution in [0.4, 0.5) is 32.4 Å². The number of aromatic amines is 1. The molecule has 2 amide bonds. The van der Waals surface area contributed by atoms with Crippen LogP contribution in [0.2, 0.25) is 0 Å². The van der Waals surface area contributed by atoms with E-state index in [4.69, 9.17) is 4.74 Å². The Labute approximate surface area is 149 Å². The Morgan fingerprint density at radius 1 is 1.26 bits per heavy atom. The van der Waals surface area contributed by atoms with Gasteiger partial charge in [0, 0.05) is 30.8 Å². The number of H-pyrrole nitrogens is 1. The molecule has 2 N–H and O–H groups in total. The van der Waals surface area contributed by atoms with E-state index < -0.39 is 17.9 Å². The van der Waals surface area contributed by atoms with Crippen LogP contribution in [0, 0.1) is 5.41 Å². The number of carbonyl (C=O) groups is 1. The maximum Gasteiger partial charge on any atom is 0.461 e. The fourth-order valence-electron chi connectivity index (χ4n) is 3.38. The molecule has 1 aromatic carbocycles. The Kier molecular flexibility index (Phi) is 3.85. The number of anilines is 1. The molecule has 2 saturated heterocycles. The second-order valence-corrected chi connectivity index (χ2v) is 6.98. The van der Waals surface area contributed by atoms with E-state index in [-0.39, 0.29) is 28.2 Å². The maximum atomic E-state index is 13.4. The normalized spacial score (nSPS) is 19.5. The zero-order valence-electron chi connectivity index (χ0n) is 13.9. The first kappa shape index (κ1) is 18.0. The number of urea groups is 1. The van der Waals surface area contributed by atoms with Crippen molar-refractivity contribution in [2.45, 2.75) is 18.5 Å². The number of fused-ring (bicyclic) bond motifs is 1. The first-order chi connectivity index (χ1) is 12.6. The summed E-state index contributed by atoms with van der Waals surface area (Å²) in [6, 6.07) is 3.56. The lowest BCUT2D eigenvalue weighted by Gasteiger charge is -2.46. The van der Waals surface area contributed by atoms with Gasteiger partial charge in [-0.15, -0.1) is 0 Å². The summed E-state index contributed by atoms with van der Waals surface area (Å²) in [6.45, 7) is 2.42. The molecule has 0 unspecified atom stereocenters. The third-order valence-electron chi connectivity index (χ3n) is 4.91. The van der Waals surface area contributed by atoms with E-state index in [1.54, 1.807) is 4.90 Å². The average Bonchev–Trinajstić information content (AvgIpc) is 3.19. The Morgan fingerprint density at radius 3 is 2.63 bits per heavy atom. The minimum atomic E-state index is -5.75. The molecule has 0 saturated carbocycles. The third kappa shape index (κ3) is 2.99. The van der Waals surface area contributed by atoms with E-state index in [2.05, 4.69) is 10.3 Å². The molecule has 0 atom stereocenters. The quantitative estimate of drug-likeness (QED) is 0.772. The van der Waals surface area contributed by atoms with Gasteiger partial charge in [0.1, 0.15) is 0 Å². The van der Waals surface area contributed by atoms with E-state index in [1.165, 1.54) is 18.2 Å². The number of nitrogens with one attached hydrogen (secondary N) is 2. The number of alkyl halides is 5. The van der Waals surface area contributed by atoms with Crippen molar-refractivity contribution in [1.29, 1.82) is 0 Å². The average molecular weight is 390 g/mol. The highest BCUT2D eigenvalue weighted by atomic mass is 19.4. The molecular formula is C16H15F5N4O2. The summed E-state index contributed by atoms with van der Waals surface area (Å²) in [6.07, 6.45) is -4.86. The van der Waals surface area contributed by atoms with Crippen LogP contribution in [-0.2, 0) is 10.7 Å². The summed E-state index contributed by atoms with van der Waals surface area (Å²) < 4.78 is 69.6. The molecule has 6 nitrogen and oxygen atoms in total. The van der Waals surface area contributed by atoms with Crippen molar-refractivity contribution in [1.82, 2.24) is 14.9 Å². The largest absolute Gasteiger partial charge is 0.461 e. The fourth-order valence-corrected chi connectivity index (χ4v) is 3.38. The summed E-state index contributed by atoms with van der Waals surface area (Å²) in [5, 5.41) is 2.61. The minimum absolute atomic E-state index is 0.0166. The van der Waals surface area contributed by atoms with Gasteiger partial charge in [0.15, 0.2) is 5.82 Å². The van der Waals surface area contributed by atoms with Gasteiger partial charge < -0.3 is 19.9 Å². The molecule has 4 rings (SSSR count). The number of halogens is 5. The maximum absolute atomic E-state index is 13.4. The lowest BCUT2D eigenvalue weighted by molar-refractivity contribution is -0.292. The summed E-state index contributed by atoms with van der Waals surface area (Å²) in [5.41, 5.74) is 0.193. The van der Waals surface area contributed by atoms with E-state index in [0.717, 1.165) is 6.42 Å². The lowest BCUT2D eigenvalue weighted by Crippen LogP contribution is -2.59. The highest BCUT2D eigenvalue weighted by Crippen LogP contribution is 2.43. The second kappa shape index (κ2) is 5.78. The zero-order chi connectivity index (χ0) is 19.4. The minimum Gasteiger partial charge on any atom is -0.381 e. The van der Waals surface area contributed by atoms with Crippen LogP contribution in [0.1, 0.15) is 12.2 Å². The standard InChI is InChI=1S/C16H15F5N4O2/c17-15(18,16(19,20)21)12-23-10-2-1-9(5-11(10)24-12)22-13(26)25-6-14(7-25)3-4-27-8-14/h1-2,5H,3-4,6-8H2,(H,22,26)(H,23,24). The van der Waals surface area contributed by atoms with Gasteiger partial charge in [-0.2, -0.15) is 22.0 Å². The van der Waals surface area contributed by atoms with Gasteiger partial charge >= 0.3 is 18.1 Å². The van der Waals surface area contributed by atoms with Crippen LogP contribution in [0.25, 0.3) is 11.0 Å². The monoisotopic (exact) mass is 390 g/mol. The van der Waals surface area contributed by atoms with Crippen molar-refractivity contribution in [2.24, 2.45) is 5.41 Å². The molecule has 1 aromatic heterocycles. The van der Waals surface area contributed by atoms with Crippen molar-refractivity contribution < 1.29 is 31.5 Å². The molecule has 146 valence electrons. The predicted molar refractivity (Wildman–Crippen MR) is 84.5 cm³/mol. The summed E-state index contributed by atoms with van der Waals surface area (Å²) >= 11 is 0. The van der Waals surface area contributed by atoms with Crippen LogP contribution in [0.3, 0.4) is 0 Å². The van der Waals surface area contributed by atoms with Crippen molar-refractivity contribution >= 4 is 22.8 Å². The topological polar surface area (TPSA) is 70.2 Å². The lowest BCUT2D eigenvalue weighted by atomic mass is 9.79. The molecule has 2 fully saturated rings. The number of hydrogen-bond acceptors (Lipinski definition) is 3. The Morgan fingerprint density at radius 2 is 2.00 bits per heavy atom. The number of nitrogens with zero attached hydrogens (tertiary/aromatic N) is 2. The van der Waals surface area contributed by atoms with Gasteiger partial charge in [-0.25, -0.2) is 9.78 Å². The number of likely N-dealkylation sites (tertiary alicyclic amines) is 1. The first-order valence-corrected chi connectivity index (χ1v) is 8.18. The van der Waals surface area contributed by atoms with Crippen LogP contribution < -0.4 is 5.32 Å². The van der Waals surface area contributed by atoms with Gasteiger partial charge in [-0.3, -0.25) is 0 Å². The number of rotatable bonds is 2. The second-order valence-electron chi connectivity index (χ2n) is 6.98. The molecule has 2 aliphatic heterocycles. The van der Waals surface area contributed by atoms with Gasteiger partial charge in [0.05, 0.1) is 17.6 Å². The molecule has 2 aromatic rings. The first-order valence-electron chi connectivity index (χ1n) is 8.18. The van der Waals surface area contributed by atoms with Crippen molar-refractivity contribution in [3.8, 4) is 0 Å². The van der Waals surface area contributed by atoms with Crippen LogP contribution >= 0.6 is 0 Å². The number of aromatic nitrogens is 2. The number of ether oxygens (including phenoxy) is 1. The molecule has 0 radical (unpaired) electrons. The van der Waals surface area contributed by atoms with Crippen LogP contribution in [0.5, 0.6) is 0 Å². The Hall–Kier alpha value is -2.43. The van der Waals surface area contributed by atoms with E-state index in [1.807, 2.05) is 4.98 Å². The zero-order valence-corrected chi connectivity index (χ0v) is 13.9. The number of benzene rings is 1. The molecule has 2 aliphatic rings. The number of carbonyl (C=O) groups excluding carboxylic acids is 1. The summed E-state index contributed by atoms with van der Waals surface area (Å²) in [5.74, 6) is -6.58. The summed E-state index contributed by atoms with van der Waals surface area (Å²) in [7, 11) is 0. The molecule has 0 bridgehead atoms. The highest BCUT2D eigenvalue weighted by molar-refractivity contribution is 5.92. The molecule has 11 heteroatoms. The van der Waals surface area contributed by atoms with Crippen molar-refractivity contribution in [3.63, 3.8) is 0 Å². The van der Waals surface area contributed by atoms with Gasteiger partial charge in [0.2, 0.25) is 0 Å². The number of hydrogen-bond donors (Lipinski definition) is 2. The molecule has 3 heterocycles. The molecule has 27 heavy (non-hydrogen) atoms. The predicted octanol–water partition coefficient (Wildman–Crippen LogP) is 3.47. The van der Waals surface area contributed by atoms with Gasteiger partial charge in [-0.05, 0) is 24.6 Å². The van der Waals surface area contributed by atoms with E-state index >= 15 is 0 Å². The van der Waals surface area contributed by atoms with Crippen LogP contribution in [-0.4, -0.2) is 53.4 Å². The number of imidazole rings is 1. The highest BCUT2D eigenvalue weighted by Gasteiger charge is 2.61. The SMILES string of the molecule is O=C(Nc1ccc2nc(C(F)(F)C(F)(F)F)[nH]c2c1)N1CC2(CCOC2)C1. The van der Waals surface area contributed by atoms with Crippen molar-refractivity contribution in [3.05, 3.63) is 24.0 Å². The Bertz CT molecular complexity index is 881. The molecule has 0 aliphatic carbocycles. The number of amides is 2. The summed E-state index contributed by atoms with van der Waals surface area (Å²) in [4.78, 5) is 19.1. The Balaban J connectivity index is 1.48. The molecular weight excluding hydrogens is 375 g/mol. The fraction of sp³-hybridized carbons (Fsp3) is 0.500. The third-order valence-corrected chi connectivity index (χ3v) is 4.91. The van der Waals surface area contributed by atoms with Crippen LogP contribution in [0.15, 0.2) is 18.2 Å².